The number of carboxylic acid groups (broad SMARTS) is 1. The zero-order chi connectivity index (χ0) is 13.3. The first-order valence-corrected chi connectivity index (χ1v) is 5.92. The van der Waals surface area contributed by atoms with Gasteiger partial charge in [0.15, 0.2) is 0 Å². The second-order valence-electron chi connectivity index (χ2n) is 4.61. The second-order valence-corrected chi connectivity index (χ2v) is 4.61. The lowest BCUT2D eigenvalue weighted by atomic mass is 10.1. The van der Waals surface area contributed by atoms with Crippen LogP contribution in [0.2, 0.25) is 0 Å². The normalized spacial score (nSPS) is 11.1. The van der Waals surface area contributed by atoms with Gasteiger partial charge < -0.3 is 14.4 Å². The van der Waals surface area contributed by atoms with Gasteiger partial charge >= 0.3 is 5.97 Å². The van der Waals surface area contributed by atoms with Crippen LogP contribution in [0.4, 0.5) is 0 Å². The van der Waals surface area contributed by atoms with E-state index in [9.17, 15) is 4.79 Å². The van der Waals surface area contributed by atoms with Crippen LogP contribution in [0.3, 0.4) is 0 Å². The SMILES string of the molecule is COc1ccc2c(c1)c(CC(=O)O)cn2C(C)C. The van der Waals surface area contributed by atoms with Gasteiger partial charge in [0, 0.05) is 23.1 Å². The van der Waals surface area contributed by atoms with Crippen molar-refractivity contribution >= 4 is 16.9 Å². The highest BCUT2D eigenvalue weighted by Crippen LogP contribution is 2.28. The number of carboxylic acids is 1. The number of benzene rings is 1. The Hall–Kier alpha value is -1.97. The number of aliphatic carboxylic acids is 1. The van der Waals surface area contributed by atoms with Crippen LogP contribution >= 0.6 is 0 Å². The van der Waals surface area contributed by atoms with Crippen molar-refractivity contribution in [2.45, 2.75) is 26.3 Å². The molecule has 0 aliphatic rings. The van der Waals surface area contributed by atoms with Crippen LogP contribution < -0.4 is 4.74 Å². The number of carbonyl (C=O) groups is 1. The molecule has 0 unspecified atom stereocenters. The Labute approximate surface area is 106 Å². The number of nitrogens with zero attached hydrogens (tertiary/aromatic N) is 1. The van der Waals surface area contributed by atoms with Crippen molar-refractivity contribution in [2.24, 2.45) is 0 Å². The Bertz CT molecular complexity index is 584. The monoisotopic (exact) mass is 247 g/mol. The van der Waals surface area contributed by atoms with Crippen LogP contribution in [-0.4, -0.2) is 22.8 Å². The van der Waals surface area contributed by atoms with Crippen molar-refractivity contribution in [3.63, 3.8) is 0 Å². The molecule has 1 aromatic heterocycles. The minimum absolute atomic E-state index is 0.0311. The molecular formula is C14H17NO3. The maximum Gasteiger partial charge on any atom is 0.307 e. The third-order valence-electron chi connectivity index (χ3n) is 3.02. The fourth-order valence-corrected chi connectivity index (χ4v) is 2.16. The number of fused-ring (bicyclic) bond motifs is 1. The predicted octanol–water partition coefficient (Wildman–Crippen LogP) is 2.86. The summed E-state index contributed by atoms with van der Waals surface area (Å²) in [7, 11) is 1.61. The first-order chi connectivity index (χ1) is 8.52. The highest BCUT2D eigenvalue weighted by molar-refractivity contribution is 5.88. The number of methoxy groups -OCH3 is 1. The molecule has 0 radical (unpaired) electrons. The fourth-order valence-electron chi connectivity index (χ4n) is 2.16. The number of aromatic nitrogens is 1. The molecule has 2 rings (SSSR count). The third kappa shape index (κ3) is 2.18. The van der Waals surface area contributed by atoms with Crippen LogP contribution in [0.5, 0.6) is 5.75 Å². The summed E-state index contributed by atoms with van der Waals surface area (Å²) in [4.78, 5) is 10.9. The lowest BCUT2D eigenvalue weighted by molar-refractivity contribution is -0.136. The Morgan fingerprint density at radius 3 is 2.72 bits per heavy atom. The number of hydrogen-bond donors (Lipinski definition) is 1. The molecule has 0 saturated heterocycles. The molecule has 96 valence electrons. The van der Waals surface area contributed by atoms with Crippen LogP contribution in [0.15, 0.2) is 24.4 Å². The minimum Gasteiger partial charge on any atom is -0.497 e. The average molecular weight is 247 g/mol. The van der Waals surface area contributed by atoms with Gasteiger partial charge in [0.2, 0.25) is 0 Å². The van der Waals surface area contributed by atoms with E-state index >= 15 is 0 Å². The van der Waals surface area contributed by atoms with E-state index in [1.54, 1.807) is 7.11 Å². The first-order valence-electron chi connectivity index (χ1n) is 5.92. The van der Waals surface area contributed by atoms with Gasteiger partial charge in [0.05, 0.1) is 13.5 Å². The van der Waals surface area contributed by atoms with Crippen LogP contribution in [-0.2, 0) is 11.2 Å². The van der Waals surface area contributed by atoms with Gasteiger partial charge in [-0.1, -0.05) is 0 Å². The summed E-state index contributed by atoms with van der Waals surface area (Å²) in [6, 6.07) is 6.06. The molecule has 4 heteroatoms. The van der Waals surface area contributed by atoms with Gasteiger partial charge in [0.1, 0.15) is 5.75 Å². The molecule has 1 heterocycles. The van der Waals surface area contributed by atoms with Gasteiger partial charge in [-0.15, -0.1) is 0 Å². The van der Waals surface area contributed by atoms with Gasteiger partial charge in [0.25, 0.3) is 0 Å². The standard InChI is InChI=1S/C14H17NO3/c1-9(2)15-8-10(6-14(16)17)12-7-11(18-3)4-5-13(12)15/h4-5,7-9H,6H2,1-3H3,(H,16,17). The van der Waals surface area contributed by atoms with Crippen LogP contribution in [0, 0.1) is 0 Å². The summed E-state index contributed by atoms with van der Waals surface area (Å²) >= 11 is 0. The van der Waals surface area contributed by atoms with Gasteiger partial charge in [-0.2, -0.15) is 0 Å². The van der Waals surface area contributed by atoms with E-state index in [1.165, 1.54) is 0 Å². The predicted molar refractivity (Wildman–Crippen MR) is 70.2 cm³/mol. The average Bonchev–Trinajstić information content (AvgIpc) is 2.67. The molecule has 0 atom stereocenters. The molecule has 1 aromatic carbocycles. The van der Waals surface area contributed by atoms with Gasteiger partial charge in [-0.3, -0.25) is 4.79 Å². The summed E-state index contributed by atoms with van der Waals surface area (Å²) in [5, 5.41) is 9.91. The summed E-state index contributed by atoms with van der Waals surface area (Å²) in [5.41, 5.74) is 1.87. The van der Waals surface area contributed by atoms with Gasteiger partial charge in [-0.05, 0) is 37.6 Å². The molecular weight excluding hydrogens is 230 g/mol. The van der Waals surface area contributed by atoms with Crippen molar-refractivity contribution < 1.29 is 14.6 Å². The molecule has 0 spiro atoms. The summed E-state index contributed by atoms with van der Waals surface area (Å²) in [6.45, 7) is 4.16. The first kappa shape index (κ1) is 12.5. The maximum atomic E-state index is 10.9. The highest BCUT2D eigenvalue weighted by Gasteiger charge is 2.13. The van der Waals surface area contributed by atoms with Crippen molar-refractivity contribution in [2.75, 3.05) is 7.11 Å². The molecule has 0 fully saturated rings. The van der Waals surface area contributed by atoms with Crippen molar-refractivity contribution in [3.05, 3.63) is 30.0 Å². The van der Waals surface area contributed by atoms with E-state index in [2.05, 4.69) is 18.4 Å². The summed E-state index contributed by atoms with van der Waals surface area (Å²) in [5.74, 6) is -0.0729. The maximum absolute atomic E-state index is 10.9. The molecule has 2 aromatic rings. The lowest BCUT2D eigenvalue weighted by Crippen LogP contribution is -2.00. The van der Waals surface area contributed by atoms with E-state index in [4.69, 9.17) is 9.84 Å². The van der Waals surface area contributed by atoms with E-state index < -0.39 is 5.97 Å². The Kier molecular flexibility index (Phi) is 3.28. The van der Waals surface area contributed by atoms with Gasteiger partial charge in [-0.25, -0.2) is 0 Å². The fraction of sp³-hybridized carbons (Fsp3) is 0.357. The zero-order valence-electron chi connectivity index (χ0n) is 10.8. The van der Waals surface area contributed by atoms with Crippen molar-refractivity contribution in [1.29, 1.82) is 0 Å². The molecule has 0 amide bonds. The number of ether oxygens (including phenoxy) is 1. The minimum atomic E-state index is -0.819. The van der Waals surface area contributed by atoms with Crippen molar-refractivity contribution in [3.8, 4) is 5.75 Å². The lowest BCUT2D eigenvalue weighted by Gasteiger charge is -2.09. The second kappa shape index (κ2) is 4.72. The Balaban J connectivity index is 2.64. The molecule has 4 nitrogen and oxygen atoms in total. The number of rotatable bonds is 4. The molecule has 0 saturated carbocycles. The molecule has 1 N–H and O–H groups in total. The number of hydrogen-bond acceptors (Lipinski definition) is 2. The zero-order valence-corrected chi connectivity index (χ0v) is 10.8. The van der Waals surface area contributed by atoms with E-state index in [1.807, 2.05) is 24.4 Å². The highest BCUT2D eigenvalue weighted by atomic mass is 16.5. The molecule has 0 bridgehead atoms. The third-order valence-corrected chi connectivity index (χ3v) is 3.02. The van der Waals surface area contributed by atoms with E-state index in [-0.39, 0.29) is 6.42 Å². The summed E-state index contributed by atoms with van der Waals surface area (Å²) < 4.78 is 7.29. The quantitative estimate of drug-likeness (QED) is 0.903. The van der Waals surface area contributed by atoms with Crippen molar-refractivity contribution in [1.82, 2.24) is 4.57 Å². The molecule has 0 aliphatic heterocycles. The largest absolute Gasteiger partial charge is 0.497 e. The van der Waals surface area contributed by atoms with E-state index in [0.29, 0.717) is 6.04 Å². The molecule has 0 aliphatic carbocycles. The van der Waals surface area contributed by atoms with Crippen LogP contribution in [0.1, 0.15) is 25.5 Å². The Morgan fingerprint density at radius 1 is 1.44 bits per heavy atom. The van der Waals surface area contributed by atoms with Crippen LogP contribution in [0.25, 0.3) is 10.9 Å². The molecule has 18 heavy (non-hydrogen) atoms. The summed E-state index contributed by atoms with van der Waals surface area (Å²) in [6.07, 6.45) is 1.95. The van der Waals surface area contributed by atoms with E-state index in [0.717, 1.165) is 22.2 Å². The topological polar surface area (TPSA) is 51.5 Å². The Morgan fingerprint density at radius 2 is 2.17 bits per heavy atom. The smallest absolute Gasteiger partial charge is 0.307 e.